The Balaban J connectivity index is 1.81. The molecule has 16 heavy (non-hydrogen) atoms. The van der Waals surface area contributed by atoms with Crippen molar-refractivity contribution in [3.05, 3.63) is 0 Å². The summed E-state index contributed by atoms with van der Waals surface area (Å²) in [4.78, 5) is 2.49. The van der Waals surface area contributed by atoms with Crippen LogP contribution in [0.2, 0.25) is 0 Å². The molecule has 0 aromatic rings. The van der Waals surface area contributed by atoms with Gasteiger partial charge in [-0.1, -0.05) is 6.92 Å². The molecule has 2 saturated heterocycles. The highest BCUT2D eigenvalue weighted by Crippen LogP contribution is 2.33. The Labute approximate surface area is 98.1 Å². The smallest absolute Gasteiger partial charge is 0.166 e. The van der Waals surface area contributed by atoms with Gasteiger partial charge in [-0.3, -0.25) is 0 Å². The van der Waals surface area contributed by atoms with E-state index in [1.165, 1.54) is 19.5 Å². The number of nitrogens with zero attached hydrogens (tertiary/aromatic N) is 1. The third kappa shape index (κ3) is 2.74. The molecule has 2 fully saturated rings. The van der Waals surface area contributed by atoms with Gasteiger partial charge in [0.2, 0.25) is 0 Å². The first-order valence-electron chi connectivity index (χ1n) is 6.39. The van der Waals surface area contributed by atoms with Crippen LogP contribution in [-0.4, -0.2) is 49.6 Å². The molecule has 2 heterocycles. The Hall–Kier alpha value is -0.160. The van der Waals surface area contributed by atoms with Crippen molar-refractivity contribution in [2.75, 3.05) is 32.8 Å². The fourth-order valence-corrected chi connectivity index (χ4v) is 2.80. The Kier molecular flexibility index (Phi) is 3.85. The van der Waals surface area contributed by atoms with Crippen LogP contribution in [0.4, 0.5) is 0 Å². The van der Waals surface area contributed by atoms with Crippen molar-refractivity contribution in [2.24, 2.45) is 11.7 Å². The van der Waals surface area contributed by atoms with Crippen LogP contribution >= 0.6 is 0 Å². The highest BCUT2D eigenvalue weighted by molar-refractivity contribution is 4.83. The summed E-state index contributed by atoms with van der Waals surface area (Å²) < 4.78 is 11.6. The van der Waals surface area contributed by atoms with E-state index < -0.39 is 5.79 Å². The highest BCUT2D eigenvalue weighted by Gasteiger charge is 2.39. The Morgan fingerprint density at radius 1 is 1.50 bits per heavy atom. The minimum atomic E-state index is -0.390. The van der Waals surface area contributed by atoms with Gasteiger partial charge in [-0.05, 0) is 32.4 Å². The first-order chi connectivity index (χ1) is 7.65. The van der Waals surface area contributed by atoms with Gasteiger partial charge in [0.1, 0.15) is 0 Å². The molecule has 0 bridgehead atoms. The predicted octanol–water partition coefficient (Wildman–Crippen LogP) is 0.809. The average molecular weight is 228 g/mol. The van der Waals surface area contributed by atoms with Crippen LogP contribution in [0.15, 0.2) is 0 Å². The van der Waals surface area contributed by atoms with Gasteiger partial charge in [0.15, 0.2) is 5.79 Å². The van der Waals surface area contributed by atoms with E-state index >= 15 is 0 Å². The van der Waals surface area contributed by atoms with E-state index in [4.69, 9.17) is 15.2 Å². The first kappa shape index (κ1) is 12.3. The van der Waals surface area contributed by atoms with Gasteiger partial charge >= 0.3 is 0 Å². The summed E-state index contributed by atoms with van der Waals surface area (Å²) in [5.74, 6) is 0.319. The van der Waals surface area contributed by atoms with Crippen molar-refractivity contribution in [3.63, 3.8) is 0 Å². The number of likely N-dealkylation sites (tertiary alicyclic amines) is 1. The quantitative estimate of drug-likeness (QED) is 0.773. The molecule has 2 rings (SSSR count). The molecule has 0 amide bonds. The normalized spacial score (nSPS) is 40.7. The second-order valence-corrected chi connectivity index (χ2v) is 5.17. The number of rotatable bonds is 4. The Morgan fingerprint density at radius 2 is 2.31 bits per heavy atom. The number of hydrogen-bond acceptors (Lipinski definition) is 4. The lowest BCUT2D eigenvalue weighted by molar-refractivity contribution is -0.164. The summed E-state index contributed by atoms with van der Waals surface area (Å²) in [5.41, 5.74) is 5.59. The largest absolute Gasteiger partial charge is 0.347 e. The van der Waals surface area contributed by atoms with E-state index in [2.05, 4.69) is 18.7 Å². The molecule has 4 nitrogen and oxygen atoms in total. The molecule has 2 N–H and O–H groups in total. The minimum Gasteiger partial charge on any atom is -0.347 e. The van der Waals surface area contributed by atoms with Crippen LogP contribution in [0.3, 0.4) is 0 Å². The van der Waals surface area contributed by atoms with E-state index in [1.54, 1.807) is 0 Å². The molecule has 0 saturated carbocycles. The average Bonchev–Trinajstić information content (AvgIpc) is 2.85. The fraction of sp³-hybridized carbons (Fsp3) is 1.00. The number of nitrogens with two attached hydrogens (primary N) is 1. The summed E-state index contributed by atoms with van der Waals surface area (Å²) in [6, 6.07) is 0. The Bertz CT molecular complexity index is 237. The maximum Gasteiger partial charge on any atom is 0.166 e. The molecule has 3 atom stereocenters. The van der Waals surface area contributed by atoms with Crippen molar-refractivity contribution in [1.29, 1.82) is 0 Å². The van der Waals surface area contributed by atoms with Crippen LogP contribution in [0, 0.1) is 5.92 Å². The van der Waals surface area contributed by atoms with E-state index in [-0.39, 0.29) is 6.10 Å². The van der Waals surface area contributed by atoms with Crippen LogP contribution in [0.5, 0.6) is 0 Å². The lowest BCUT2D eigenvalue weighted by Gasteiger charge is -2.26. The van der Waals surface area contributed by atoms with Crippen molar-refractivity contribution in [2.45, 2.75) is 38.6 Å². The molecule has 0 aliphatic carbocycles. The molecule has 0 spiro atoms. The molecule has 2 aliphatic rings. The molecule has 0 aromatic carbocycles. The van der Waals surface area contributed by atoms with E-state index in [1.807, 2.05) is 0 Å². The predicted molar refractivity (Wildman–Crippen MR) is 63.1 cm³/mol. The van der Waals surface area contributed by atoms with Crippen LogP contribution in [0.25, 0.3) is 0 Å². The maximum absolute atomic E-state index is 5.86. The molecule has 3 unspecified atom stereocenters. The lowest BCUT2D eigenvalue weighted by atomic mass is 9.99. The third-order valence-corrected chi connectivity index (χ3v) is 3.73. The summed E-state index contributed by atoms with van der Waals surface area (Å²) in [5, 5.41) is 0. The fourth-order valence-electron chi connectivity index (χ4n) is 2.80. The van der Waals surface area contributed by atoms with Gasteiger partial charge in [0.05, 0.1) is 12.7 Å². The zero-order valence-electron chi connectivity index (χ0n) is 10.4. The van der Waals surface area contributed by atoms with Gasteiger partial charge in [0.25, 0.3) is 0 Å². The van der Waals surface area contributed by atoms with Crippen LogP contribution in [-0.2, 0) is 9.47 Å². The van der Waals surface area contributed by atoms with E-state index in [0.29, 0.717) is 19.1 Å². The number of hydrogen-bond donors (Lipinski definition) is 1. The number of ether oxygens (including phenoxy) is 2. The first-order valence-corrected chi connectivity index (χ1v) is 6.39. The van der Waals surface area contributed by atoms with Crippen LogP contribution in [0.1, 0.15) is 26.7 Å². The molecule has 2 aliphatic heterocycles. The molecule has 0 aromatic heterocycles. The van der Waals surface area contributed by atoms with Gasteiger partial charge in [-0.2, -0.15) is 0 Å². The monoisotopic (exact) mass is 228 g/mol. The topological polar surface area (TPSA) is 47.7 Å². The second-order valence-electron chi connectivity index (χ2n) is 5.17. The standard InChI is InChI=1S/C12H24N2O2/c1-3-14-5-4-10(8-14)6-12(2)15-9-11(7-13)16-12/h10-11H,3-9,13H2,1-2H3. The molecular formula is C12H24N2O2. The highest BCUT2D eigenvalue weighted by atomic mass is 16.7. The van der Waals surface area contributed by atoms with Gasteiger partial charge in [0, 0.05) is 19.5 Å². The van der Waals surface area contributed by atoms with E-state index in [0.717, 1.165) is 13.0 Å². The molecule has 0 radical (unpaired) electrons. The third-order valence-electron chi connectivity index (χ3n) is 3.73. The van der Waals surface area contributed by atoms with Crippen molar-refractivity contribution in [3.8, 4) is 0 Å². The summed E-state index contributed by atoms with van der Waals surface area (Å²) in [7, 11) is 0. The summed E-state index contributed by atoms with van der Waals surface area (Å²) in [6.07, 6.45) is 2.36. The summed E-state index contributed by atoms with van der Waals surface area (Å²) in [6.45, 7) is 9.04. The van der Waals surface area contributed by atoms with E-state index in [9.17, 15) is 0 Å². The van der Waals surface area contributed by atoms with Crippen LogP contribution < -0.4 is 5.73 Å². The molecule has 4 heteroatoms. The van der Waals surface area contributed by atoms with Gasteiger partial charge in [-0.15, -0.1) is 0 Å². The van der Waals surface area contributed by atoms with Crippen molar-refractivity contribution >= 4 is 0 Å². The SMILES string of the molecule is CCN1CCC(CC2(C)OCC(CN)O2)C1. The Morgan fingerprint density at radius 3 is 2.88 bits per heavy atom. The molecular weight excluding hydrogens is 204 g/mol. The lowest BCUT2D eigenvalue weighted by Crippen LogP contribution is -2.32. The molecule has 94 valence electrons. The van der Waals surface area contributed by atoms with Gasteiger partial charge < -0.3 is 20.1 Å². The zero-order chi connectivity index (χ0) is 11.6. The zero-order valence-corrected chi connectivity index (χ0v) is 10.4. The van der Waals surface area contributed by atoms with Crippen molar-refractivity contribution in [1.82, 2.24) is 4.90 Å². The summed E-state index contributed by atoms with van der Waals surface area (Å²) >= 11 is 0. The van der Waals surface area contributed by atoms with Gasteiger partial charge in [-0.25, -0.2) is 0 Å². The van der Waals surface area contributed by atoms with Crippen molar-refractivity contribution < 1.29 is 9.47 Å². The second kappa shape index (κ2) is 5.00. The minimum absolute atomic E-state index is 0.0914. The maximum atomic E-state index is 5.86.